The summed E-state index contributed by atoms with van der Waals surface area (Å²) in [4.78, 5) is 8.63. The summed E-state index contributed by atoms with van der Waals surface area (Å²) in [5.41, 5.74) is -1.32. The molecule has 2 aliphatic rings. The molecule has 0 bridgehead atoms. The van der Waals surface area contributed by atoms with Gasteiger partial charge in [-0.15, -0.1) is 0 Å². The fourth-order valence-corrected chi connectivity index (χ4v) is 4.83. The highest BCUT2D eigenvalue weighted by atomic mass is 79.9. The molecule has 2 aromatic carbocycles. The Labute approximate surface area is 217 Å². The molecule has 2 saturated heterocycles. The zero-order valence-electron chi connectivity index (χ0n) is 18.9. The molecule has 0 aliphatic carbocycles. The molecule has 192 valence electrons. The van der Waals surface area contributed by atoms with E-state index in [-0.39, 0.29) is 12.4 Å². The van der Waals surface area contributed by atoms with Crippen LogP contribution in [0.2, 0.25) is 5.02 Å². The summed E-state index contributed by atoms with van der Waals surface area (Å²) in [5, 5.41) is 4.37. The second kappa shape index (κ2) is 9.49. The van der Waals surface area contributed by atoms with Crippen molar-refractivity contribution >= 4 is 49.9 Å². The van der Waals surface area contributed by atoms with Crippen LogP contribution in [0.4, 0.5) is 24.7 Å². The first kappa shape index (κ1) is 25.3. The highest BCUT2D eigenvalue weighted by Gasteiger charge is 2.70. The van der Waals surface area contributed by atoms with Gasteiger partial charge in [0.15, 0.2) is 17.6 Å². The second-order valence-corrected chi connectivity index (χ2v) is 9.54. The first-order valence-electron chi connectivity index (χ1n) is 10.7. The maximum atomic E-state index is 13.8. The fourth-order valence-electron chi connectivity index (χ4n) is 4.40. The summed E-state index contributed by atoms with van der Waals surface area (Å²) in [7, 11) is 2.45. The number of methoxy groups -OCH3 is 2. The van der Waals surface area contributed by atoms with Gasteiger partial charge < -0.3 is 29.0 Å². The normalized spacial score (nSPS) is 25.7. The Balaban J connectivity index is 1.43. The largest absolute Gasteiger partial charge is 0.493 e. The molecule has 2 fully saturated rings. The van der Waals surface area contributed by atoms with Gasteiger partial charge in [-0.3, -0.25) is 0 Å². The first-order valence-corrected chi connectivity index (χ1v) is 11.9. The third-order valence-corrected chi connectivity index (χ3v) is 7.51. The van der Waals surface area contributed by atoms with E-state index in [1.54, 1.807) is 24.3 Å². The molecule has 0 spiro atoms. The van der Waals surface area contributed by atoms with Gasteiger partial charge in [0.1, 0.15) is 24.4 Å². The molecule has 3 heterocycles. The Morgan fingerprint density at radius 1 is 1.14 bits per heavy atom. The number of rotatable bonds is 6. The van der Waals surface area contributed by atoms with Crippen LogP contribution in [0.15, 0.2) is 41.1 Å². The van der Waals surface area contributed by atoms with Crippen LogP contribution in [0, 0.1) is 0 Å². The number of ether oxygens (including phenoxy) is 5. The number of benzene rings is 2. The Bertz CT molecular complexity index is 1300. The van der Waals surface area contributed by atoms with E-state index in [0.29, 0.717) is 33.2 Å². The van der Waals surface area contributed by atoms with Gasteiger partial charge in [0.2, 0.25) is 5.60 Å². The summed E-state index contributed by atoms with van der Waals surface area (Å²) in [5.74, 6) is 1.12. The van der Waals surface area contributed by atoms with Crippen molar-refractivity contribution in [3.8, 4) is 11.5 Å². The summed E-state index contributed by atoms with van der Waals surface area (Å²) in [6.07, 6.45) is -6.43. The molecule has 1 aromatic heterocycles. The summed E-state index contributed by atoms with van der Waals surface area (Å²) in [6.45, 7) is -0.794. The number of nitrogens with one attached hydrogen (secondary N) is 1. The fraction of sp³-hybridized carbons (Fsp3) is 0.391. The topological polar surface area (TPSA) is 84.0 Å². The van der Waals surface area contributed by atoms with E-state index in [0.717, 1.165) is 11.6 Å². The molecule has 8 nitrogen and oxygen atoms in total. The van der Waals surface area contributed by atoms with E-state index in [9.17, 15) is 13.2 Å². The van der Waals surface area contributed by atoms with Gasteiger partial charge in [0.25, 0.3) is 0 Å². The zero-order valence-corrected chi connectivity index (χ0v) is 21.3. The molecule has 0 saturated carbocycles. The molecule has 0 amide bonds. The molecule has 2 aliphatic heterocycles. The highest BCUT2D eigenvalue weighted by Crippen LogP contribution is 2.47. The number of hydrogen-bond acceptors (Lipinski definition) is 8. The van der Waals surface area contributed by atoms with Gasteiger partial charge in [-0.1, -0.05) is 11.6 Å². The van der Waals surface area contributed by atoms with Crippen LogP contribution in [-0.4, -0.2) is 67.5 Å². The molecule has 13 heteroatoms. The molecular weight excluding hydrogens is 571 g/mol. The van der Waals surface area contributed by atoms with E-state index < -0.39 is 36.7 Å². The average molecular weight is 591 g/mol. The minimum absolute atomic E-state index is 0.112. The summed E-state index contributed by atoms with van der Waals surface area (Å²) < 4.78 is 69.4. The maximum absolute atomic E-state index is 13.8. The van der Waals surface area contributed by atoms with Crippen molar-refractivity contribution in [1.29, 1.82) is 0 Å². The van der Waals surface area contributed by atoms with Gasteiger partial charge in [-0.2, -0.15) is 13.2 Å². The lowest BCUT2D eigenvalue weighted by molar-refractivity contribution is -0.291. The maximum Gasteiger partial charge on any atom is 0.422 e. The third-order valence-electron chi connectivity index (χ3n) is 6.28. The standard InChI is InChI=1S/C23H20BrClF3N3O5/c1-32-16-6-12-15(29-10-30-21(12)31-11-3-4-13(24)14(25)5-11)7-17(16)36-18-8-34-20-19(18)35-9-22(20,33-2)23(26,27)28/h3-7,10,18-20H,8-9H2,1-2H3,(H,29,30,31)/t18-,19+,20-,22+/m0/s1. The van der Waals surface area contributed by atoms with Crippen molar-refractivity contribution in [3.63, 3.8) is 0 Å². The van der Waals surface area contributed by atoms with Crippen LogP contribution in [-0.2, 0) is 14.2 Å². The SMILES string of the molecule is COc1cc2c(Nc3ccc(Br)c(Cl)c3)ncnc2cc1O[C@H]1CO[C@H]2[C@@H]1OC[C@]2(OC)C(F)(F)F. The van der Waals surface area contributed by atoms with E-state index in [2.05, 4.69) is 31.2 Å². The van der Waals surface area contributed by atoms with Gasteiger partial charge in [-0.05, 0) is 40.2 Å². The Kier molecular flexibility index (Phi) is 6.66. The summed E-state index contributed by atoms with van der Waals surface area (Å²) >= 11 is 9.55. The number of anilines is 2. The average Bonchev–Trinajstić information content (AvgIpc) is 3.42. The van der Waals surface area contributed by atoms with Crippen LogP contribution in [0.1, 0.15) is 0 Å². The molecule has 5 rings (SSSR count). The lowest BCUT2D eigenvalue weighted by Gasteiger charge is -2.32. The Morgan fingerprint density at radius 3 is 2.64 bits per heavy atom. The molecule has 1 N–H and O–H groups in total. The minimum atomic E-state index is -4.67. The van der Waals surface area contributed by atoms with Gasteiger partial charge in [0, 0.05) is 28.7 Å². The van der Waals surface area contributed by atoms with Crippen LogP contribution < -0.4 is 14.8 Å². The molecule has 0 unspecified atom stereocenters. The molecule has 36 heavy (non-hydrogen) atoms. The third kappa shape index (κ3) is 4.24. The number of aromatic nitrogens is 2. The van der Waals surface area contributed by atoms with Crippen molar-refractivity contribution in [2.24, 2.45) is 0 Å². The van der Waals surface area contributed by atoms with E-state index in [1.807, 2.05) is 6.07 Å². The number of fused-ring (bicyclic) bond motifs is 2. The minimum Gasteiger partial charge on any atom is -0.493 e. The van der Waals surface area contributed by atoms with Crippen LogP contribution in [0.5, 0.6) is 11.5 Å². The van der Waals surface area contributed by atoms with E-state index in [4.69, 9.17) is 35.3 Å². The van der Waals surface area contributed by atoms with E-state index >= 15 is 0 Å². The van der Waals surface area contributed by atoms with Crippen molar-refractivity contribution in [1.82, 2.24) is 9.97 Å². The predicted octanol–water partition coefficient (Wildman–Crippen LogP) is 5.29. The van der Waals surface area contributed by atoms with Gasteiger partial charge in [0.05, 0.1) is 30.9 Å². The number of halogens is 5. The molecule has 4 atom stereocenters. The predicted molar refractivity (Wildman–Crippen MR) is 128 cm³/mol. The lowest BCUT2D eigenvalue weighted by atomic mass is 9.95. The zero-order chi connectivity index (χ0) is 25.7. The summed E-state index contributed by atoms with van der Waals surface area (Å²) in [6, 6.07) is 8.70. The Hall–Kier alpha value is -2.38. The van der Waals surface area contributed by atoms with Crippen LogP contribution >= 0.6 is 27.5 Å². The smallest absolute Gasteiger partial charge is 0.422 e. The monoisotopic (exact) mass is 589 g/mol. The lowest BCUT2D eigenvalue weighted by Crippen LogP contribution is -2.56. The van der Waals surface area contributed by atoms with Crippen molar-refractivity contribution in [2.45, 2.75) is 30.1 Å². The molecule has 0 radical (unpaired) electrons. The second-order valence-electron chi connectivity index (χ2n) is 8.27. The van der Waals surface area contributed by atoms with Crippen molar-refractivity contribution in [2.75, 3.05) is 32.8 Å². The van der Waals surface area contributed by atoms with Crippen molar-refractivity contribution in [3.05, 3.63) is 46.2 Å². The molecular formula is C23H20BrClF3N3O5. The van der Waals surface area contributed by atoms with Gasteiger partial charge >= 0.3 is 6.18 Å². The number of hydrogen-bond donors (Lipinski definition) is 1. The van der Waals surface area contributed by atoms with E-state index in [1.165, 1.54) is 13.4 Å². The Morgan fingerprint density at radius 2 is 1.94 bits per heavy atom. The highest BCUT2D eigenvalue weighted by molar-refractivity contribution is 9.10. The van der Waals surface area contributed by atoms with Crippen molar-refractivity contribution < 1.29 is 36.9 Å². The molecule has 3 aromatic rings. The number of alkyl halides is 3. The van der Waals surface area contributed by atoms with Crippen LogP contribution in [0.3, 0.4) is 0 Å². The van der Waals surface area contributed by atoms with Gasteiger partial charge in [-0.25, -0.2) is 9.97 Å². The first-order chi connectivity index (χ1) is 17.2. The quantitative estimate of drug-likeness (QED) is 0.415. The van der Waals surface area contributed by atoms with Crippen LogP contribution in [0.25, 0.3) is 10.9 Å². The number of nitrogens with zero attached hydrogens (tertiary/aromatic N) is 2.